The number of carbonyl (C=O) groups excluding carboxylic acids is 3. The van der Waals surface area contributed by atoms with E-state index in [0.717, 1.165) is 96.3 Å². The smallest absolute Gasteiger partial charge is 0.306 e. The molecule has 0 aliphatic carbocycles. The van der Waals surface area contributed by atoms with E-state index < -0.39 is 6.10 Å². The standard InChI is InChI=1S/C59H104O6/c1-4-7-10-13-16-19-22-24-25-26-27-28-29-30-31-32-33-34-35-36-38-40-43-46-49-52-58(61)64-55-56(54-63-57(60)51-48-45-42-39-21-18-15-12-9-6-3)65-59(62)53-50-47-44-41-37-23-20-17-14-11-8-5-2/h7,10,16,19,24-25,27-28,30-31,56H,4-6,8-9,11-15,17-18,20-23,26,29,32-55H2,1-3H3/b10-7-,19-16-,25-24-,28-27-,31-30-. The predicted octanol–water partition coefficient (Wildman–Crippen LogP) is 18.4. The normalized spacial score (nSPS) is 12.5. The Morgan fingerprint density at radius 2 is 0.600 bits per heavy atom. The van der Waals surface area contributed by atoms with Crippen LogP contribution in [0.5, 0.6) is 0 Å². The molecule has 0 rings (SSSR count). The van der Waals surface area contributed by atoms with Gasteiger partial charge >= 0.3 is 17.9 Å². The summed E-state index contributed by atoms with van der Waals surface area (Å²) < 4.78 is 16.8. The van der Waals surface area contributed by atoms with Crippen molar-refractivity contribution in [1.29, 1.82) is 0 Å². The van der Waals surface area contributed by atoms with Crippen LogP contribution in [0.3, 0.4) is 0 Å². The van der Waals surface area contributed by atoms with Gasteiger partial charge in [-0.3, -0.25) is 14.4 Å². The molecule has 0 radical (unpaired) electrons. The Bertz CT molecular complexity index is 1180. The molecule has 0 saturated carbocycles. The number of hydrogen-bond acceptors (Lipinski definition) is 6. The third-order valence-electron chi connectivity index (χ3n) is 12.0. The number of unbranched alkanes of at least 4 members (excludes halogenated alkanes) is 29. The first kappa shape index (κ1) is 62.1. The van der Waals surface area contributed by atoms with Gasteiger partial charge in [-0.15, -0.1) is 0 Å². The summed E-state index contributed by atoms with van der Waals surface area (Å²) in [6, 6.07) is 0. The highest BCUT2D eigenvalue weighted by Crippen LogP contribution is 2.16. The van der Waals surface area contributed by atoms with E-state index in [1.807, 2.05) is 0 Å². The number of allylic oxidation sites excluding steroid dienone is 10. The van der Waals surface area contributed by atoms with Gasteiger partial charge < -0.3 is 14.2 Å². The van der Waals surface area contributed by atoms with Gasteiger partial charge in [-0.25, -0.2) is 0 Å². The fraction of sp³-hybridized carbons (Fsp3) is 0.780. The van der Waals surface area contributed by atoms with Gasteiger partial charge in [0.25, 0.3) is 0 Å². The number of rotatable bonds is 50. The molecule has 0 aliphatic heterocycles. The zero-order valence-corrected chi connectivity index (χ0v) is 43.0. The molecular weight excluding hydrogens is 805 g/mol. The van der Waals surface area contributed by atoms with Gasteiger partial charge in [-0.2, -0.15) is 0 Å². The number of ether oxygens (including phenoxy) is 3. The number of hydrogen-bond donors (Lipinski definition) is 0. The van der Waals surface area contributed by atoms with Crippen molar-refractivity contribution in [2.75, 3.05) is 13.2 Å². The highest BCUT2D eigenvalue weighted by molar-refractivity contribution is 5.71. The maximum Gasteiger partial charge on any atom is 0.306 e. The van der Waals surface area contributed by atoms with E-state index in [-0.39, 0.29) is 31.1 Å². The molecule has 1 unspecified atom stereocenters. The Kier molecular flexibility index (Phi) is 51.3. The zero-order valence-electron chi connectivity index (χ0n) is 43.0. The molecule has 0 fully saturated rings. The first-order valence-corrected chi connectivity index (χ1v) is 27.8. The van der Waals surface area contributed by atoms with E-state index in [4.69, 9.17) is 14.2 Å². The molecule has 65 heavy (non-hydrogen) atoms. The average molecular weight is 909 g/mol. The summed E-state index contributed by atoms with van der Waals surface area (Å²) in [5.41, 5.74) is 0. The van der Waals surface area contributed by atoms with Crippen molar-refractivity contribution in [3.05, 3.63) is 60.8 Å². The summed E-state index contributed by atoms with van der Waals surface area (Å²) in [7, 11) is 0. The van der Waals surface area contributed by atoms with Crippen LogP contribution in [-0.4, -0.2) is 37.2 Å². The minimum Gasteiger partial charge on any atom is -0.462 e. The van der Waals surface area contributed by atoms with Gasteiger partial charge in [-0.1, -0.05) is 255 Å². The second-order valence-electron chi connectivity index (χ2n) is 18.5. The highest BCUT2D eigenvalue weighted by Gasteiger charge is 2.19. The van der Waals surface area contributed by atoms with Crippen LogP contribution >= 0.6 is 0 Å². The van der Waals surface area contributed by atoms with Gasteiger partial charge in [-0.05, 0) is 64.2 Å². The largest absolute Gasteiger partial charge is 0.462 e. The van der Waals surface area contributed by atoms with E-state index in [1.165, 1.54) is 141 Å². The molecule has 0 amide bonds. The van der Waals surface area contributed by atoms with Crippen molar-refractivity contribution in [3.63, 3.8) is 0 Å². The maximum atomic E-state index is 12.8. The lowest BCUT2D eigenvalue weighted by atomic mass is 10.0. The van der Waals surface area contributed by atoms with Gasteiger partial charge in [0.05, 0.1) is 0 Å². The molecule has 376 valence electrons. The molecule has 0 spiro atoms. The third-order valence-corrected chi connectivity index (χ3v) is 12.0. The SMILES string of the molecule is CC/C=C\C/C=C\C/C=C\C/C=C\C/C=C\CCCCCCCCCCCC(=O)OCC(COC(=O)CCCCCCCCCCCC)OC(=O)CCCCCCCCCCCCCC. The fourth-order valence-electron chi connectivity index (χ4n) is 7.88. The van der Waals surface area contributed by atoms with E-state index in [9.17, 15) is 14.4 Å². The lowest BCUT2D eigenvalue weighted by Crippen LogP contribution is -2.30. The molecule has 0 aliphatic rings. The van der Waals surface area contributed by atoms with Crippen LogP contribution < -0.4 is 0 Å². The van der Waals surface area contributed by atoms with E-state index >= 15 is 0 Å². The molecule has 0 aromatic rings. The molecule has 0 aromatic heterocycles. The van der Waals surface area contributed by atoms with Crippen LogP contribution in [0.25, 0.3) is 0 Å². The molecule has 0 bridgehead atoms. The summed E-state index contributed by atoms with van der Waals surface area (Å²) in [6.45, 7) is 6.52. The van der Waals surface area contributed by atoms with Crippen LogP contribution in [-0.2, 0) is 28.6 Å². The maximum absolute atomic E-state index is 12.8. The second kappa shape index (κ2) is 53.7. The molecule has 1 atom stereocenters. The minimum atomic E-state index is -0.771. The van der Waals surface area contributed by atoms with E-state index in [0.29, 0.717) is 19.3 Å². The van der Waals surface area contributed by atoms with Crippen molar-refractivity contribution < 1.29 is 28.6 Å². The Labute approximate surface area is 402 Å². The van der Waals surface area contributed by atoms with Gasteiger partial charge in [0.2, 0.25) is 0 Å². The fourth-order valence-corrected chi connectivity index (χ4v) is 7.88. The molecule has 6 heteroatoms. The summed E-state index contributed by atoms with van der Waals surface area (Å²) in [6.07, 6.45) is 66.4. The molecule has 0 aromatic carbocycles. The number of carbonyl (C=O) groups is 3. The lowest BCUT2D eigenvalue weighted by Gasteiger charge is -2.18. The van der Waals surface area contributed by atoms with Crippen molar-refractivity contribution in [2.24, 2.45) is 0 Å². The second-order valence-corrected chi connectivity index (χ2v) is 18.5. The van der Waals surface area contributed by atoms with Crippen LogP contribution in [0.15, 0.2) is 60.8 Å². The minimum absolute atomic E-state index is 0.0720. The summed E-state index contributed by atoms with van der Waals surface area (Å²) in [5, 5.41) is 0. The van der Waals surface area contributed by atoms with Crippen LogP contribution in [0.2, 0.25) is 0 Å². The Hall–Kier alpha value is -2.89. The van der Waals surface area contributed by atoms with E-state index in [1.54, 1.807) is 0 Å². The Balaban J connectivity index is 4.22. The predicted molar refractivity (Wildman–Crippen MR) is 279 cm³/mol. The van der Waals surface area contributed by atoms with Crippen molar-refractivity contribution in [1.82, 2.24) is 0 Å². The molecule has 6 nitrogen and oxygen atoms in total. The summed E-state index contributed by atoms with van der Waals surface area (Å²) >= 11 is 0. The number of esters is 3. The lowest BCUT2D eigenvalue weighted by molar-refractivity contribution is -0.167. The molecule has 0 heterocycles. The summed E-state index contributed by atoms with van der Waals surface area (Å²) in [4.78, 5) is 38.0. The van der Waals surface area contributed by atoms with Crippen molar-refractivity contribution in [3.8, 4) is 0 Å². The molecule has 0 N–H and O–H groups in total. The topological polar surface area (TPSA) is 78.9 Å². The molecular formula is C59H104O6. The first-order chi connectivity index (χ1) is 32.0. The quantitative estimate of drug-likeness (QED) is 0.0262. The Morgan fingerprint density at radius 3 is 0.938 bits per heavy atom. The first-order valence-electron chi connectivity index (χ1n) is 27.8. The van der Waals surface area contributed by atoms with Crippen LogP contribution in [0.1, 0.15) is 278 Å². The van der Waals surface area contributed by atoms with Gasteiger partial charge in [0.1, 0.15) is 13.2 Å². The zero-order chi connectivity index (χ0) is 47.2. The van der Waals surface area contributed by atoms with E-state index in [2.05, 4.69) is 81.5 Å². The third kappa shape index (κ3) is 51.9. The van der Waals surface area contributed by atoms with Crippen LogP contribution in [0.4, 0.5) is 0 Å². The van der Waals surface area contributed by atoms with Gasteiger partial charge in [0.15, 0.2) is 6.10 Å². The highest BCUT2D eigenvalue weighted by atomic mass is 16.6. The monoisotopic (exact) mass is 909 g/mol. The van der Waals surface area contributed by atoms with Crippen molar-refractivity contribution in [2.45, 2.75) is 284 Å². The molecule has 0 saturated heterocycles. The Morgan fingerprint density at radius 1 is 0.323 bits per heavy atom. The summed E-state index contributed by atoms with van der Waals surface area (Å²) in [5.74, 6) is -0.871. The van der Waals surface area contributed by atoms with Crippen LogP contribution in [0, 0.1) is 0 Å². The van der Waals surface area contributed by atoms with Crippen molar-refractivity contribution >= 4 is 17.9 Å². The van der Waals surface area contributed by atoms with Gasteiger partial charge in [0, 0.05) is 19.3 Å². The average Bonchev–Trinajstić information content (AvgIpc) is 3.30.